The van der Waals surface area contributed by atoms with Crippen LogP contribution < -0.4 is 10.5 Å². The number of rotatable bonds is 2. The first-order valence-corrected chi connectivity index (χ1v) is 4.68. The van der Waals surface area contributed by atoms with E-state index in [0.29, 0.717) is 17.3 Å². The standard InChI is InChI=1S/C11H10FN3O/c1-7-5-10(15-11(13)14-7)16-9-4-2-3-8(12)6-9/h2-6H,1H3,(H2,13,14,15). The van der Waals surface area contributed by atoms with Crippen LogP contribution in [0.3, 0.4) is 0 Å². The SMILES string of the molecule is Cc1cc(Oc2cccc(F)c2)nc(N)n1. The number of aryl methyl sites for hydroxylation is 1. The fraction of sp³-hybridized carbons (Fsp3) is 0.0909. The number of nitrogens with zero attached hydrogens (tertiary/aromatic N) is 2. The lowest BCUT2D eigenvalue weighted by atomic mass is 10.3. The fourth-order valence-corrected chi connectivity index (χ4v) is 1.27. The highest BCUT2D eigenvalue weighted by atomic mass is 19.1. The normalized spacial score (nSPS) is 10.1. The first-order valence-electron chi connectivity index (χ1n) is 4.68. The molecule has 0 saturated carbocycles. The molecule has 2 N–H and O–H groups in total. The molecular formula is C11H10FN3O. The van der Waals surface area contributed by atoms with Gasteiger partial charge in [0.25, 0.3) is 0 Å². The average molecular weight is 219 g/mol. The Balaban J connectivity index is 2.27. The van der Waals surface area contributed by atoms with Crippen LogP contribution in [-0.4, -0.2) is 9.97 Å². The van der Waals surface area contributed by atoms with Crippen LogP contribution in [-0.2, 0) is 0 Å². The van der Waals surface area contributed by atoms with E-state index in [4.69, 9.17) is 10.5 Å². The summed E-state index contributed by atoms with van der Waals surface area (Å²) in [6, 6.07) is 7.43. The van der Waals surface area contributed by atoms with Gasteiger partial charge in [0.1, 0.15) is 11.6 Å². The van der Waals surface area contributed by atoms with Crippen molar-refractivity contribution in [3.05, 3.63) is 41.8 Å². The van der Waals surface area contributed by atoms with Gasteiger partial charge in [0.2, 0.25) is 11.8 Å². The number of benzene rings is 1. The van der Waals surface area contributed by atoms with Gasteiger partial charge in [0.15, 0.2) is 0 Å². The number of ether oxygens (including phenoxy) is 1. The third kappa shape index (κ3) is 2.44. The highest BCUT2D eigenvalue weighted by Gasteiger charge is 2.02. The molecule has 0 amide bonds. The smallest absolute Gasteiger partial charge is 0.224 e. The maximum Gasteiger partial charge on any atom is 0.224 e. The molecule has 1 heterocycles. The van der Waals surface area contributed by atoms with Crippen molar-refractivity contribution in [3.8, 4) is 11.6 Å². The molecule has 0 saturated heterocycles. The van der Waals surface area contributed by atoms with E-state index >= 15 is 0 Å². The number of nitrogen functional groups attached to an aromatic ring is 1. The maximum atomic E-state index is 12.9. The Kier molecular flexibility index (Phi) is 2.68. The van der Waals surface area contributed by atoms with Crippen LogP contribution >= 0.6 is 0 Å². The molecule has 4 nitrogen and oxygen atoms in total. The molecule has 0 bridgehead atoms. The van der Waals surface area contributed by atoms with Crippen molar-refractivity contribution in [2.75, 3.05) is 5.73 Å². The summed E-state index contributed by atoms with van der Waals surface area (Å²) in [6.45, 7) is 1.77. The Bertz CT molecular complexity index is 496. The van der Waals surface area contributed by atoms with Gasteiger partial charge in [-0.2, -0.15) is 4.98 Å². The molecular weight excluding hydrogens is 209 g/mol. The third-order valence-electron chi connectivity index (χ3n) is 1.87. The van der Waals surface area contributed by atoms with E-state index in [9.17, 15) is 4.39 Å². The first-order chi connectivity index (χ1) is 7.63. The van der Waals surface area contributed by atoms with E-state index in [1.54, 1.807) is 25.1 Å². The Hall–Kier alpha value is -2.17. The summed E-state index contributed by atoms with van der Waals surface area (Å²) in [5.41, 5.74) is 6.16. The number of nitrogens with two attached hydrogens (primary N) is 1. The van der Waals surface area contributed by atoms with Crippen LogP contribution in [0.4, 0.5) is 10.3 Å². The van der Waals surface area contributed by atoms with Crippen molar-refractivity contribution in [2.45, 2.75) is 6.92 Å². The van der Waals surface area contributed by atoms with Gasteiger partial charge in [0, 0.05) is 17.8 Å². The number of anilines is 1. The molecule has 2 aromatic rings. The van der Waals surface area contributed by atoms with Crippen molar-refractivity contribution < 1.29 is 9.13 Å². The largest absolute Gasteiger partial charge is 0.439 e. The zero-order valence-corrected chi connectivity index (χ0v) is 8.64. The molecule has 0 aliphatic carbocycles. The molecule has 82 valence electrons. The monoisotopic (exact) mass is 219 g/mol. The summed E-state index contributed by atoms with van der Waals surface area (Å²) in [7, 11) is 0. The average Bonchev–Trinajstić information content (AvgIpc) is 2.15. The van der Waals surface area contributed by atoms with Crippen molar-refractivity contribution in [3.63, 3.8) is 0 Å². The third-order valence-corrected chi connectivity index (χ3v) is 1.87. The molecule has 0 spiro atoms. The summed E-state index contributed by atoms with van der Waals surface area (Å²) in [5.74, 6) is 0.441. The van der Waals surface area contributed by atoms with Crippen molar-refractivity contribution in [2.24, 2.45) is 0 Å². The molecule has 1 aromatic carbocycles. The highest BCUT2D eigenvalue weighted by Crippen LogP contribution is 2.20. The molecule has 0 aliphatic rings. The lowest BCUT2D eigenvalue weighted by Gasteiger charge is -2.05. The topological polar surface area (TPSA) is 61.0 Å². The van der Waals surface area contributed by atoms with Gasteiger partial charge >= 0.3 is 0 Å². The molecule has 1 aromatic heterocycles. The second-order valence-electron chi connectivity index (χ2n) is 3.27. The molecule has 0 fully saturated rings. The second-order valence-corrected chi connectivity index (χ2v) is 3.27. The van der Waals surface area contributed by atoms with E-state index in [0.717, 1.165) is 0 Å². The summed E-state index contributed by atoms with van der Waals surface area (Å²) in [6.07, 6.45) is 0. The molecule has 0 atom stereocenters. The Morgan fingerprint density at radius 2 is 2.06 bits per heavy atom. The summed E-state index contributed by atoms with van der Waals surface area (Å²) < 4.78 is 18.2. The Morgan fingerprint density at radius 1 is 1.25 bits per heavy atom. The second kappa shape index (κ2) is 4.14. The molecule has 0 aliphatic heterocycles. The number of hydrogen-bond donors (Lipinski definition) is 1. The summed E-state index contributed by atoms with van der Waals surface area (Å²) >= 11 is 0. The van der Waals surface area contributed by atoms with E-state index < -0.39 is 0 Å². The van der Waals surface area contributed by atoms with Crippen LogP contribution in [0.1, 0.15) is 5.69 Å². The highest BCUT2D eigenvalue weighted by molar-refractivity contribution is 5.31. The number of aromatic nitrogens is 2. The molecule has 16 heavy (non-hydrogen) atoms. The van der Waals surface area contributed by atoms with Gasteiger partial charge in [-0.25, -0.2) is 9.37 Å². The van der Waals surface area contributed by atoms with E-state index in [1.807, 2.05) is 0 Å². The fourth-order valence-electron chi connectivity index (χ4n) is 1.27. The van der Waals surface area contributed by atoms with Crippen LogP contribution in [0.15, 0.2) is 30.3 Å². The van der Waals surface area contributed by atoms with Crippen molar-refractivity contribution >= 4 is 5.95 Å². The predicted molar refractivity (Wildman–Crippen MR) is 57.7 cm³/mol. The van der Waals surface area contributed by atoms with Crippen molar-refractivity contribution in [1.29, 1.82) is 0 Å². The molecule has 5 heteroatoms. The minimum Gasteiger partial charge on any atom is -0.439 e. The summed E-state index contributed by atoms with van der Waals surface area (Å²) in [5, 5.41) is 0. The van der Waals surface area contributed by atoms with Crippen LogP contribution in [0.25, 0.3) is 0 Å². The molecule has 0 radical (unpaired) electrons. The van der Waals surface area contributed by atoms with E-state index in [2.05, 4.69) is 9.97 Å². The minimum atomic E-state index is -0.365. The number of hydrogen-bond acceptors (Lipinski definition) is 4. The Labute approximate surface area is 91.9 Å². The zero-order chi connectivity index (χ0) is 11.5. The lowest BCUT2D eigenvalue weighted by Crippen LogP contribution is -1.98. The first kappa shape index (κ1) is 10.4. The van der Waals surface area contributed by atoms with Crippen LogP contribution in [0.2, 0.25) is 0 Å². The molecule has 0 unspecified atom stereocenters. The molecule has 2 rings (SSSR count). The van der Waals surface area contributed by atoms with Crippen LogP contribution in [0, 0.1) is 12.7 Å². The van der Waals surface area contributed by atoms with Gasteiger partial charge in [0.05, 0.1) is 0 Å². The minimum absolute atomic E-state index is 0.131. The van der Waals surface area contributed by atoms with Gasteiger partial charge in [-0.05, 0) is 19.1 Å². The van der Waals surface area contributed by atoms with E-state index in [1.165, 1.54) is 12.1 Å². The zero-order valence-electron chi connectivity index (χ0n) is 8.64. The Morgan fingerprint density at radius 3 is 2.75 bits per heavy atom. The van der Waals surface area contributed by atoms with Crippen LogP contribution in [0.5, 0.6) is 11.6 Å². The maximum absolute atomic E-state index is 12.9. The van der Waals surface area contributed by atoms with E-state index in [-0.39, 0.29) is 11.8 Å². The van der Waals surface area contributed by atoms with Crippen molar-refractivity contribution in [1.82, 2.24) is 9.97 Å². The number of halogens is 1. The summed E-state index contributed by atoms with van der Waals surface area (Å²) in [4.78, 5) is 7.79. The quantitative estimate of drug-likeness (QED) is 0.841. The van der Waals surface area contributed by atoms with Gasteiger partial charge in [-0.15, -0.1) is 0 Å². The predicted octanol–water partition coefficient (Wildman–Crippen LogP) is 2.30. The lowest BCUT2D eigenvalue weighted by molar-refractivity contribution is 0.457. The van der Waals surface area contributed by atoms with Gasteiger partial charge in [-0.3, -0.25) is 0 Å². The van der Waals surface area contributed by atoms with Gasteiger partial charge in [-0.1, -0.05) is 6.07 Å². The van der Waals surface area contributed by atoms with Gasteiger partial charge < -0.3 is 10.5 Å².